The number of rotatable bonds is 11. The first-order valence-corrected chi connectivity index (χ1v) is 7.33. The quantitative estimate of drug-likeness (QED) is 0.371. The van der Waals surface area contributed by atoms with Crippen LogP contribution in [0, 0.1) is 11.8 Å². The Labute approximate surface area is 104 Å². The zero-order valence-corrected chi connectivity index (χ0v) is 12.1. The van der Waals surface area contributed by atoms with Gasteiger partial charge in [-0.1, -0.05) is 79.1 Å². The highest BCUT2D eigenvalue weighted by atomic mass is 14.1. The van der Waals surface area contributed by atoms with Crippen LogP contribution in [0.15, 0.2) is 0 Å². The Kier molecular flexibility index (Phi) is 11.5. The summed E-state index contributed by atoms with van der Waals surface area (Å²) in [5, 5.41) is 0. The Morgan fingerprint density at radius 2 is 0.875 bits per heavy atom. The second kappa shape index (κ2) is 11.5. The molecule has 0 aliphatic rings. The third-order valence-electron chi connectivity index (χ3n) is 3.66. The molecule has 0 fully saturated rings. The Morgan fingerprint density at radius 3 is 1.19 bits per heavy atom. The molecule has 0 nitrogen and oxygen atoms in total. The monoisotopic (exact) mass is 224 g/mol. The van der Waals surface area contributed by atoms with E-state index in [-0.39, 0.29) is 0 Å². The lowest BCUT2D eigenvalue weighted by Crippen LogP contribution is -1.90. The summed E-state index contributed by atoms with van der Waals surface area (Å²) in [6, 6.07) is 0. The molecule has 0 unspecified atom stereocenters. The maximum atomic E-state index is 2.29. The topological polar surface area (TPSA) is 0 Å². The van der Waals surface area contributed by atoms with Gasteiger partial charge in [0.25, 0.3) is 0 Å². The highest BCUT2D eigenvalue weighted by molar-refractivity contribution is 4.81. The molecule has 0 atom stereocenters. The van der Waals surface area contributed by atoms with Crippen molar-refractivity contribution < 1.29 is 0 Å². The fourth-order valence-electron chi connectivity index (χ4n) is 1.91. The second-order valence-corrected chi connectivity index (χ2v) is 5.24. The molecule has 0 N–H and O–H groups in total. The van der Waals surface area contributed by atoms with Crippen molar-refractivity contribution in [3.8, 4) is 0 Å². The van der Waals surface area contributed by atoms with Crippen LogP contribution < -0.4 is 0 Å². The van der Waals surface area contributed by atoms with E-state index in [1.165, 1.54) is 64.2 Å². The molecule has 0 aromatic rings. The number of unbranched alkanes of at least 4 members (excludes halogenated alkanes) is 5. The number of hydrogen-bond donors (Lipinski definition) is 0. The molecule has 0 heteroatoms. The predicted octanol–water partition coefficient (Wildman–Crippen LogP) is 6.12. The molecule has 0 bridgehead atoms. The fraction of sp³-hybridized carbons (Fsp3) is 0.875. The molecule has 0 aliphatic carbocycles. The van der Waals surface area contributed by atoms with Crippen molar-refractivity contribution in [3.05, 3.63) is 11.8 Å². The molecule has 0 spiro atoms. The lowest BCUT2D eigenvalue weighted by atomic mass is 9.98. The van der Waals surface area contributed by atoms with Gasteiger partial charge in [0.15, 0.2) is 0 Å². The molecule has 0 amide bonds. The van der Waals surface area contributed by atoms with Gasteiger partial charge in [-0.3, -0.25) is 0 Å². The lowest BCUT2D eigenvalue weighted by molar-refractivity contribution is 0.565. The van der Waals surface area contributed by atoms with Crippen LogP contribution in [0.1, 0.15) is 91.9 Å². The first-order valence-electron chi connectivity index (χ1n) is 7.33. The summed E-state index contributed by atoms with van der Waals surface area (Å²) in [5.41, 5.74) is 0. The summed E-state index contributed by atoms with van der Waals surface area (Å²) in [6.07, 6.45) is 13.9. The van der Waals surface area contributed by atoms with Crippen LogP contribution in [0.2, 0.25) is 0 Å². The van der Waals surface area contributed by atoms with E-state index in [4.69, 9.17) is 0 Å². The summed E-state index contributed by atoms with van der Waals surface area (Å²) in [6.45, 7) is 9.12. The number of hydrogen-bond acceptors (Lipinski definition) is 0. The molecule has 2 radical (unpaired) electrons. The van der Waals surface area contributed by atoms with Crippen molar-refractivity contribution >= 4 is 0 Å². The van der Waals surface area contributed by atoms with Crippen LogP contribution in [-0.2, 0) is 0 Å². The van der Waals surface area contributed by atoms with E-state index in [0.29, 0.717) is 0 Å². The van der Waals surface area contributed by atoms with E-state index in [1.54, 1.807) is 11.8 Å². The van der Waals surface area contributed by atoms with Gasteiger partial charge in [0.05, 0.1) is 0 Å². The summed E-state index contributed by atoms with van der Waals surface area (Å²) < 4.78 is 0. The maximum Gasteiger partial charge on any atom is -0.0275 e. The minimum Gasteiger partial charge on any atom is -0.0648 e. The standard InChI is InChI=1S/C16H32/c1-5-15(3)13-11-9-7-8-10-12-14-16(4)6-2/h5-14H2,1-4H3. The van der Waals surface area contributed by atoms with Crippen molar-refractivity contribution in [2.24, 2.45) is 0 Å². The maximum absolute atomic E-state index is 2.29. The van der Waals surface area contributed by atoms with Gasteiger partial charge in [-0.25, -0.2) is 0 Å². The van der Waals surface area contributed by atoms with Crippen LogP contribution in [0.4, 0.5) is 0 Å². The van der Waals surface area contributed by atoms with Crippen molar-refractivity contribution in [1.82, 2.24) is 0 Å². The minimum atomic E-state index is 1.27. The molecule has 0 saturated carbocycles. The van der Waals surface area contributed by atoms with Gasteiger partial charge in [0.2, 0.25) is 0 Å². The van der Waals surface area contributed by atoms with Crippen molar-refractivity contribution in [1.29, 1.82) is 0 Å². The van der Waals surface area contributed by atoms with E-state index in [9.17, 15) is 0 Å². The lowest BCUT2D eigenvalue weighted by Gasteiger charge is -2.08. The van der Waals surface area contributed by atoms with E-state index in [1.807, 2.05) is 0 Å². The summed E-state index contributed by atoms with van der Waals surface area (Å²) in [4.78, 5) is 0. The van der Waals surface area contributed by atoms with Gasteiger partial charge in [0, 0.05) is 0 Å². The summed E-state index contributed by atoms with van der Waals surface area (Å²) in [7, 11) is 0. The van der Waals surface area contributed by atoms with Crippen LogP contribution in [0.25, 0.3) is 0 Å². The molecule has 0 rings (SSSR count). The molecule has 0 heterocycles. The highest BCUT2D eigenvalue weighted by Crippen LogP contribution is 2.18. The summed E-state index contributed by atoms with van der Waals surface area (Å²) in [5.74, 6) is 3.35. The molecule has 0 aromatic carbocycles. The average Bonchev–Trinajstić information content (AvgIpc) is 2.31. The van der Waals surface area contributed by atoms with Gasteiger partial charge in [-0.2, -0.15) is 0 Å². The van der Waals surface area contributed by atoms with Gasteiger partial charge >= 0.3 is 0 Å². The van der Waals surface area contributed by atoms with Crippen molar-refractivity contribution in [2.75, 3.05) is 0 Å². The molecular formula is C16H32. The van der Waals surface area contributed by atoms with Crippen molar-refractivity contribution in [3.63, 3.8) is 0 Å². The first-order chi connectivity index (χ1) is 7.70. The van der Waals surface area contributed by atoms with Gasteiger partial charge in [-0.05, 0) is 24.7 Å². The molecule has 0 saturated heterocycles. The second-order valence-electron chi connectivity index (χ2n) is 5.24. The molecule has 16 heavy (non-hydrogen) atoms. The summed E-state index contributed by atoms with van der Waals surface area (Å²) >= 11 is 0. The van der Waals surface area contributed by atoms with E-state index in [2.05, 4.69) is 27.7 Å². The molecule has 0 aliphatic heterocycles. The largest absolute Gasteiger partial charge is 0.0648 e. The normalized spacial score (nSPS) is 11.6. The van der Waals surface area contributed by atoms with E-state index >= 15 is 0 Å². The zero-order valence-electron chi connectivity index (χ0n) is 12.1. The van der Waals surface area contributed by atoms with Gasteiger partial charge < -0.3 is 0 Å². The fourth-order valence-corrected chi connectivity index (χ4v) is 1.91. The Bertz CT molecular complexity index is 112. The molecule has 96 valence electrons. The third kappa shape index (κ3) is 10.5. The van der Waals surface area contributed by atoms with E-state index in [0.717, 1.165) is 0 Å². The Morgan fingerprint density at radius 1 is 0.562 bits per heavy atom. The average molecular weight is 224 g/mol. The molecular weight excluding hydrogens is 192 g/mol. The zero-order chi connectivity index (χ0) is 12.2. The molecule has 0 aromatic heterocycles. The van der Waals surface area contributed by atoms with Gasteiger partial charge in [0.1, 0.15) is 0 Å². The first kappa shape index (κ1) is 16.0. The van der Waals surface area contributed by atoms with Gasteiger partial charge in [-0.15, -0.1) is 0 Å². The third-order valence-corrected chi connectivity index (χ3v) is 3.66. The van der Waals surface area contributed by atoms with E-state index < -0.39 is 0 Å². The predicted molar refractivity (Wildman–Crippen MR) is 75.4 cm³/mol. The highest BCUT2D eigenvalue weighted by Gasteiger charge is 2.00. The van der Waals surface area contributed by atoms with Crippen LogP contribution in [0.5, 0.6) is 0 Å². The van der Waals surface area contributed by atoms with Crippen LogP contribution in [-0.4, -0.2) is 0 Å². The van der Waals surface area contributed by atoms with Crippen LogP contribution >= 0.6 is 0 Å². The SMILES string of the molecule is CC[C](C)CCCCCCCC[C](C)CC. The van der Waals surface area contributed by atoms with Crippen LogP contribution in [0.3, 0.4) is 0 Å². The smallest absolute Gasteiger partial charge is 0.0275 e. The Hall–Kier alpha value is 0. The Balaban J connectivity index is 3.04. The minimum absolute atomic E-state index is 1.27. The van der Waals surface area contributed by atoms with Crippen molar-refractivity contribution in [2.45, 2.75) is 91.9 Å².